The van der Waals surface area contributed by atoms with Crippen molar-refractivity contribution in [2.24, 2.45) is 10.8 Å². The van der Waals surface area contributed by atoms with Crippen molar-refractivity contribution in [3.63, 3.8) is 0 Å². The Hall–Kier alpha value is -0.850. The number of guanidine groups is 1. The van der Waals surface area contributed by atoms with Gasteiger partial charge in [0.25, 0.3) is 0 Å². The highest BCUT2D eigenvalue weighted by atomic mass is 16.5. The highest BCUT2D eigenvalue weighted by Gasteiger charge is 2.13. The van der Waals surface area contributed by atoms with Crippen LogP contribution in [0.4, 0.5) is 0 Å². The van der Waals surface area contributed by atoms with Gasteiger partial charge in [0.1, 0.15) is 0 Å². The van der Waals surface area contributed by atoms with E-state index in [1.165, 1.54) is 0 Å². The van der Waals surface area contributed by atoms with Crippen molar-refractivity contribution in [3.8, 4) is 0 Å². The molecule has 18 heavy (non-hydrogen) atoms. The van der Waals surface area contributed by atoms with E-state index in [0.717, 1.165) is 26.2 Å². The van der Waals surface area contributed by atoms with E-state index in [0.29, 0.717) is 25.2 Å². The first-order valence-corrected chi connectivity index (χ1v) is 6.51. The summed E-state index contributed by atoms with van der Waals surface area (Å²) < 4.78 is 10.4. The van der Waals surface area contributed by atoms with Gasteiger partial charge in [0.2, 0.25) is 5.96 Å². The van der Waals surface area contributed by atoms with E-state index < -0.39 is 0 Å². The van der Waals surface area contributed by atoms with Gasteiger partial charge in [-0.2, -0.15) is 0 Å². The Kier molecular flexibility index (Phi) is 10.7. The molecule has 0 saturated heterocycles. The Bertz CT molecular complexity index is 222. The topological polar surface area (TPSA) is 72.1 Å². The van der Waals surface area contributed by atoms with Crippen LogP contribution in [0.3, 0.4) is 0 Å². The molecule has 0 fully saturated rings. The average Bonchev–Trinajstić information content (AvgIpc) is 2.36. The van der Waals surface area contributed by atoms with Gasteiger partial charge in [0.05, 0.1) is 6.61 Å². The second-order valence-electron chi connectivity index (χ2n) is 4.18. The van der Waals surface area contributed by atoms with Crippen molar-refractivity contribution in [2.75, 3.05) is 40.0 Å². The zero-order valence-corrected chi connectivity index (χ0v) is 12.1. The molecule has 108 valence electrons. The first kappa shape index (κ1) is 17.2. The van der Waals surface area contributed by atoms with Crippen LogP contribution in [-0.4, -0.2) is 56.9 Å². The number of nitrogens with two attached hydrogens (primary N) is 1. The van der Waals surface area contributed by atoms with E-state index in [4.69, 9.17) is 15.3 Å². The lowest BCUT2D eigenvalue weighted by Gasteiger charge is -2.29. The van der Waals surface area contributed by atoms with E-state index in [-0.39, 0.29) is 0 Å². The number of rotatable bonds is 9. The molecule has 6 heteroatoms. The summed E-state index contributed by atoms with van der Waals surface area (Å²) in [5.74, 6) is 6.24. The smallest absolute Gasteiger partial charge is 0.208 e. The van der Waals surface area contributed by atoms with Gasteiger partial charge in [-0.3, -0.25) is 10.4 Å². The summed E-state index contributed by atoms with van der Waals surface area (Å²) in [4.78, 5) is 6.55. The zero-order valence-electron chi connectivity index (χ0n) is 12.1. The van der Waals surface area contributed by atoms with E-state index in [1.807, 2.05) is 6.92 Å². The van der Waals surface area contributed by atoms with Crippen LogP contribution in [-0.2, 0) is 9.47 Å². The molecule has 0 aromatic heterocycles. The van der Waals surface area contributed by atoms with Crippen molar-refractivity contribution < 1.29 is 9.47 Å². The number of hydrogen-bond acceptors (Lipinski definition) is 4. The fraction of sp³-hybridized carbons (Fsp3) is 0.917. The minimum absolute atomic E-state index is 0.321. The molecular weight excluding hydrogens is 232 g/mol. The second-order valence-corrected chi connectivity index (χ2v) is 4.18. The summed E-state index contributed by atoms with van der Waals surface area (Å²) in [5.41, 5.74) is 2.66. The molecular formula is C12H28N4O2. The Morgan fingerprint density at radius 1 is 1.39 bits per heavy atom. The summed E-state index contributed by atoms with van der Waals surface area (Å²) in [6.45, 7) is 9.79. The number of methoxy groups -OCH3 is 1. The highest BCUT2D eigenvalue weighted by Crippen LogP contribution is 1.99. The minimum Gasteiger partial charge on any atom is -0.383 e. The summed E-state index contributed by atoms with van der Waals surface area (Å²) in [6.07, 6.45) is 0.898. The lowest BCUT2D eigenvalue weighted by Crippen LogP contribution is -2.49. The molecule has 0 heterocycles. The van der Waals surface area contributed by atoms with Gasteiger partial charge < -0.3 is 14.4 Å². The number of hydrazine groups is 1. The molecule has 0 aliphatic carbocycles. The molecule has 0 spiro atoms. The van der Waals surface area contributed by atoms with Crippen LogP contribution >= 0.6 is 0 Å². The summed E-state index contributed by atoms with van der Waals surface area (Å²) in [6, 6.07) is 0.321. The van der Waals surface area contributed by atoms with Crippen molar-refractivity contribution in [1.82, 2.24) is 10.3 Å². The summed E-state index contributed by atoms with van der Waals surface area (Å²) in [5, 5.41) is 0. The van der Waals surface area contributed by atoms with Crippen LogP contribution in [0.15, 0.2) is 4.99 Å². The normalized spacial score (nSPS) is 12.0. The van der Waals surface area contributed by atoms with Crippen molar-refractivity contribution >= 4 is 5.96 Å². The van der Waals surface area contributed by atoms with Crippen LogP contribution in [0.1, 0.15) is 27.2 Å². The number of hydrogen-bond donors (Lipinski definition) is 2. The monoisotopic (exact) mass is 260 g/mol. The Morgan fingerprint density at radius 3 is 2.61 bits per heavy atom. The van der Waals surface area contributed by atoms with Crippen LogP contribution in [0.5, 0.6) is 0 Å². The fourth-order valence-corrected chi connectivity index (χ4v) is 1.51. The largest absolute Gasteiger partial charge is 0.383 e. The number of ether oxygens (including phenoxy) is 2. The predicted octanol–water partition coefficient (Wildman–Crippen LogP) is 0.589. The van der Waals surface area contributed by atoms with E-state index in [9.17, 15) is 0 Å². The maximum absolute atomic E-state index is 5.53. The van der Waals surface area contributed by atoms with Crippen molar-refractivity contribution in [1.29, 1.82) is 0 Å². The third kappa shape index (κ3) is 7.47. The highest BCUT2D eigenvalue weighted by molar-refractivity contribution is 5.79. The first-order valence-electron chi connectivity index (χ1n) is 6.51. The lowest BCUT2D eigenvalue weighted by molar-refractivity contribution is 0.146. The first-order chi connectivity index (χ1) is 8.67. The van der Waals surface area contributed by atoms with Crippen molar-refractivity contribution in [2.45, 2.75) is 33.2 Å². The second kappa shape index (κ2) is 11.3. The maximum Gasteiger partial charge on any atom is 0.208 e. The van der Waals surface area contributed by atoms with Gasteiger partial charge in [-0.1, -0.05) is 0 Å². The Labute approximate surface area is 110 Å². The fourth-order valence-electron chi connectivity index (χ4n) is 1.51. The quantitative estimate of drug-likeness (QED) is 0.209. The summed E-state index contributed by atoms with van der Waals surface area (Å²) in [7, 11) is 1.69. The number of nitrogens with zero attached hydrogens (tertiary/aromatic N) is 2. The van der Waals surface area contributed by atoms with E-state index in [2.05, 4.69) is 29.2 Å². The molecule has 0 saturated carbocycles. The van der Waals surface area contributed by atoms with Gasteiger partial charge in [-0.05, 0) is 27.2 Å². The Morgan fingerprint density at radius 2 is 2.11 bits per heavy atom. The molecule has 0 aliphatic rings. The minimum atomic E-state index is 0.321. The predicted molar refractivity (Wildman–Crippen MR) is 74.5 cm³/mol. The number of nitrogens with one attached hydrogen (secondary N) is 1. The molecule has 0 aromatic rings. The molecule has 0 amide bonds. The van der Waals surface area contributed by atoms with Crippen molar-refractivity contribution in [3.05, 3.63) is 0 Å². The molecule has 0 aliphatic heterocycles. The standard InChI is InChI=1S/C12H28N4O2/c1-5-18-9-6-7-14-12(15-13)16(11(2)3)8-10-17-4/h11H,5-10,13H2,1-4H3,(H,14,15). The molecule has 6 nitrogen and oxygen atoms in total. The molecule has 0 atom stereocenters. The van der Waals surface area contributed by atoms with E-state index in [1.54, 1.807) is 7.11 Å². The molecule has 0 rings (SSSR count). The third-order valence-electron chi connectivity index (χ3n) is 2.47. The lowest BCUT2D eigenvalue weighted by atomic mass is 10.3. The van der Waals surface area contributed by atoms with Crippen LogP contribution in [0.25, 0.3) is 0 Å². The molecule has 3 N–H and O–H groups in total. The van der Waals surface area contributed by atoms with Gasteiger partial charge >= 0.3 is 0 Å². The molecule has 0 radical (unpaired) electrons. The number of aliphatic imine (C=N–C) groups is 1. The van der Waals surface area contributed by atoms with Gasteiger partial charge in [0, 0.05) is 39.5 Å². The van der Waals surface area contributed by atoms with Gasteiger partial charge in [-0.25, -0.2) is 5.84 Å². The van der Waals surface area contributed by atoms with E-state index >= 15 is 0 Å². The van der Waals surface area contributed by atoms with Crippen LogP contribution in [0, 0.1) is 0 Å². The molecule has 0 unspecified atom stereocenters. The SMILES string of the molecule is CCOCCCN=C(NN)N(CCOC)C(C)C. The molecule has 0 aromatic carbocycles. The van der Waals surface area contributed by atoms with Gasteiger partial charge in [-0.15, -0.1) is 0 Å². The van der Waals surface area contributed by atoms with Gasteiger partial charge in [0.15, 0.2) is 0 Å². The van der Waals surface area contributed by atoms with Crippen LogP contribution < -0.4 is 11.3 Å². The van der Waals surface area contributed by atoms with Crippen LogP contribution in [0.2, 0.25) is 0 Å². The summed E-state index contributed by atoms with van der Waals surface area (Å²) >= 11 is 0. The molecule has 0 bridgehead atoms. The average molecular weight is 260 g/mol. The Balaban J connectivity index is 4.25. The maximum atomic E-state index is 5.53. The zero-order chi connectivity index (χ0) is 13.8. The third-order valence-corrected chi connectivity index (χ3v) is 2.47.